The van der Waals surface area contributed by atoms with Gasteiger partial charge >= 0.3 is 0 Å². The third-order valence-electron chi connectivity index (χ3n) is 2.37. The Labute approximate surface area is 106 Å². The first-order valence-corrected chi connectivity index (χ1v) is 6.16. The second-order valence-electron chi connectivity index (χ2n) is 3.78. The van der Waals surface area contributed by atoms with Crippen molar-refractivity contribution in [2.45, 2.75) is 25.3 Å². The predicted molar refractivity (Wildman–Crippen MR) is 66.2 cm³/mol. The van der Waals surface area contributed by atoms with Crippen LogP contribution in [0.3, 0.4) is 0 Å². The highest BCUT2D eigenvalue weighted by atomic mass is 35.5. The summed E-state index contributed by atoms with van der Waals surface area (Å²) in [6.07, 6.45) is 3.34. The van der Waals surface area contributed by atoms with E-state index >= 15 is 0 Å². The molecule has 1 atom stereocenters. The minimum atomic E-state index is -0.0124. The molecule has 1 aromatic rings. The first kappa shape index (κ1) is 14.1. The monoisotopic (exact) mass is 259 g/mol. The Bertz CT molecular complexity index is 308. The van der Waals surface area contributed by atoms with E-state index in [0.717, 1.165) is 5.76 Å². The van der Waals surface area contributed by atoms with Gasteiger partial charge in [0.25, 0.3) is 0 Å². The normalized spacial score (nSPS) is 12.4. The van der Waals surface area contributed by atoms with Crippen LogP contribution in [0, 0.1) is 0 Å². The van der Waals surface area contributed by atoms with Gasteiger partial charge in [0.1, 0.15) is 5.76 Å². The first-order chi connectivity index (χ1) is 8.26. The molecule has 0 aromatic carbocycles. The van der Waals surface area contributed by atoms with Crippen molar-refractivity contribution in [3.05, 3.63) is 24.2 Å². The molecule has 0 bridgehead atoms. The summed E-state index contributed by atoms with van der Waals surface area (Å²) in [6, 6.07) is 3.66. The van der Waals surface area contributed by atoms with Gasteiger partial charge in [-0.25, -0.2) is 0 Å². The molecule has 1 rings (SSSR count). The van der Waals surface area contributed by atoms with E-state index in [1.165, 1.54) is 0 Å². The zero-order valence-corrected chi connectivity index (χ0v) is 10.7. The molecule has 1 heterocycles. The SMILES string of the molecule is COCC(CCCl)NC(=O)CCc1ccco1. The summed E-state index contributed by atoms with van der Waals surface area (Å²) < 4.78 is 10.2. The molecule has 1 N–H and O–H groups in total. The number of amides is 1. The summed E-state index contributed by atoms with van der Waals surface area (Å²) in [5.41, 5.74) is 0. The summed E-state index contributed by atoms with van der Waals surface area (Å²) in [7, 11) is 1.61. The van der Waals surface area contributed by atoms with Gasteiger partial charge in [-0.15, -0.1) is 11.6 Å². The molecule has 1 aromatic heterocycles. The van der Waals surface area contributed by atoms with Crippen LogP contribution in [0.1, 0.15) is 18.6 Å². The predicted octanol–water partition coefficient (Wildman–Crippen LogP) is 1.97. The van der Waals surface area contributed by atoms with Crippen LogP contribution in [0.2, 0.25) is 0 Å². The maximum Gasteiger partial charge on any atom is 0.220 e. The molecule has 0 aliphatic rings. The van der Waals surface area contributed by atoms with E-state index in [1.807, 2.05) is 12.1 Å². The van der Waals surface area contributed by atoms with Crippen LogP contribution in [0.4, 0.5) is 0 Å². The fourth-order valence-corrected chi connectivity index (χ4v) is 1.78. The minimum Gasteiger partial charge on any atom is -0.469 e. The average Bonchev–Trinajstić information content (AvgIpc) is 2.80. The van der Waals surface area contributed by atoms with E-state index in [4.69, 9.17) is 20.8 Å². The van der Waals surface area contributed by atoms with Crippen LogP contribution in [-0.4, -0.2) is 31.5 Å². The Balaban J connectivity index is 2.26. The molecule has 0 fully saturated rings. The lowest BCUT2D eigenvalue weighted by Gasteiger charge is -2.16. The van der Waals surface area contributed by atoms with E-state index in [2.05, 4.69) is 5.32 Å². The second kappa shape index (κ2) is 8.14. The third-order valence-corrected chi connectivity index (χ3v) is 2.59. The van der Waals surface area contributed by atoms with Crippen molar-refractivity contribution in [2.75, 3.05) is 19.6 Å². The van der Waals surface area contributed by atoms with Gasteiger partial charge in [0.05, 0.1) is 18.9 Å². The van der Waals surface area contributed by atoms with Crippen LogP contribution >= 0.6 is 11.6 Å². The molecule has 1 unspecified atom stereocenters. The number of hydrogen-bond donors (Lipinski definition) is 1. The van der Waals surface area contributed by atoms with Crippen molar-refractivity contribution in [3.63, 3.8) is 0 Å². The topological polar surface area (TPSA) is 51.5 Å². The zero-order chi connectivity index (χ0) is 12.5. The van der Waals surface area contributed by atoms with Gasteiger partial charge in [-0.1, -0.05) is 0 Å². The smallest absolute Gasteiger partial charge is 0.220 e. The lowest BCUT2D eigenvalue weighted by atomic mass is 10.2. The van der Waals surface area contributed by atoms with Crippen molar-refractivity contribution in [1.29, 1.82) is 0 Å². The Morgan fingerprint density at radius 1 is 1.65 bits per heavy atom. The van der Waals surface area contributed by atoms with Crippen molar-refractivity contribution in [1.82, 2.24) is 5.32 Å². The molecule has 0 saturated heterocycles. The van der Waals surface area contributed by atoms with E-state index in [9.17, 15) is 4.79 Å². The molecule has 0 saturated carbocycles. The summed E-state index contributed by atoms with van der Waals surface area (Å²) >= 11 is 5.65. The maximum absolute atomic E-state index is 11.6. The zero-order valence-electron chi connectivity index (χ0n) is 9.95. The van der Waals surface area contributed by atoms with Gasteiger partial charge in [-0.05, 0) is 18.6 Å². The van der Waals surface area contributed by atoms with E-state index < -0.39 is 0 Å². The molecule has 0 aliphatic carbocycles. The molecule has 0 radical (unpaired) electrons. The molecule has 17 heavy (non-hydrogen) atoms. The molecule has 96 valence electrons. The number of rotatable bonds is 8. The fourth-order valence-electron chi connectivity index (χ4n) is 1.52. The number of carbonyl (C=O) groups excluding carboxylic acids is 1. The number of carbonyl (C=O) groups is 1. The largest absolute Gasteiger partial charge is 0.469 e. The minimum absolute atomic E-state index is 0.00596. The van der Waals surface area contributed by atoms with Gasteiger partial charge in [0.15, 0.2) is 0 Å². The molecule has 0 aliphatic heterocycles. The Morgan fingerprint density at radius 3 is 3.06 bits per heavy atom. The Kier molecular flexibility index (Phi) is 6.74. The van der Waals surface area contributed by atoms with Gasteiger partial charge in [0.2, 0.25) is 5.91 Å². The summed E-state index contributed by atoms with van der Waals surface area (Å²) in [6.45, 7) is 0.485. The first-order valence-electron chi connectivity index (χ1n) is 5.63. The van der Waals surface area contributed by atoms with Crippen LogP contribution in [0.5, 0.6) is 0 Å². The maximum atomic E-state index is 11.6. The lowest BCUT2D eigenvalue weighted by molar-refractivity contribution is -0.122. The number of alkyl halides is 1. The van der Waals surface area contributed by atoms with Crippen molar-refractivity contribution >= 4 is 17.5 Å². The molecule has 0 spiro atoms. The van der Waals surface area contributed by atoms with Crippen molar-refractivity contribution in [2.24, 2.45) is 0 Å². The summed E-state index contributed by atoms with van der Waals surface area (Å²) in [5, 5.41) is 2.89. The summed E-state index contributed by atoms with van der Waals surface area (Å²) in [4.78, 5) is 11.6. The molecule has 4 nitrogen and oxygen atoms in total. The van der Waals surface area contributed by atoms with Crippen LogP contribution < -0.4 is 5.32 Å². The number of hydrogen-bond acceptors (Lipinski definition) is 3. The van der Waals surface area contributed by atoms with Crippen LogP contribution in [0.25, 0.3) is 0 Å². The number of nitrogens with one attached hydrogen (secondary N) is 1. The lowest BCUT2D eigenvalue weighted by Crippen LogP contribution is -2.38. The Hall–Kier alpha value is -1.00. The molecular formula is C12H18ClNO3. The number of methoxy groups -OCH3 is 1. The highest BCUT2D eigenvalue weighted by molar-refractivity contribution is 6.17. The van der Waals surface area contributed by atoms with E-state index in [-0.39, 0.29) is 11.9 Å². The van der Waals surface area contributed by atoms with Crippen LogP contribution in [-0.2, 0) is 16.0 Å². The molecule has 1 amide bonds. The second-order valence-corrected chi connectivity index (χ2v) is 4.15. The van der Waals surface area contributed by atoms with Crippen molar-refractivity contribution in [3.8, 4) is 0 Å². The molecular weight excluding hydrogens is 242 g/mol. The number of furan rings is 1. The van der Waals surface area contributed by atoms with E-state index in [1.54, 1.807) is 13.4 Å². The summed E-state index contributed by atoms with van der Waals surface area (Å²) in [5.74, 6) is 1.32. The highest BCUT2D eigenvalue weighted by Gasteiger charge is 2.11. The number of ether oxygens (including phenoxy) is 1. The number of aryl methyl sites for hydroxylation is 1. The van der Waals surface area contributed by atoms with Crippen molar-refractivity contribution < 1.29 is 13.9 Å². The standard InChI is InChI=1S/C12H18ClNO3/c1-16-9-10(6-7-13)14-12(15)5-4-11-3-2-8-17-11/h2-3,8,10H,4-7,9H2,1H3,(H,14,15). The van der Waals surface area contributed by atoms with Gasteiger partial charge in [-0.2, -0.15) is 0 Å². The van der Waals surface area contributed by atoms with E-state index in [0.29, 0.717) is 31.7 Å². The average molecular weight is 260 g/mol. The fraction of sp³-hybridized carbons (Fsp3) is 0.583. The number of halogens is 1. The quantitative estimate of drug-likeness (QED) is 0.727. The van der Waals surface area contributed by atoms with Gasteiger partial charge in [0, 0.05) is 25.8 Å². The Morgan fingerprint density at radius 2 is 2.47 bits per heavy atom. The van der Waals surface area contributed by atoms with Crippen LogP contribution in [0.15, 0.2) is 22.8 Å². The highest BCUT2D eigenvalue weighted by Crippen LogP contribution is 2.04. The third kappa shape index (κ3) is 5.75. The van der Waals surface area contributed by atoms with Gasteiger partial charge < -0.3 is 14.5 Å². The molecule has 5 heteroatoms. The van der Waals surface area contributed by atoms with Gasteiger partial charge in [-0.3, -0.25) is 4.79 Å².